The van der Waals surface area contributed by atoms with Crippen molar-refractivity contribution in [2.45, 2.75) is 37.2 Å². The molecule has 1 atom stereocenters. The lowest BCUT2D eigenvalue weighted by molar-refractivity contribution is 0.00567. The van der Waals surface area contributed by atoms with Crippen molar-refractivity contribution < 1.29 is 17.9 Å². The van der Waals surface area contributed by atoms with Crippen LogP contribution in [0.3, 0.4) is 0 Å². The Bertz CT molecular complexity index is 753. The molecule has 0 aromatic heterocycles. The number of aryl methyl sites for hydroxylation is 1. The molecule has 27 heavy (non-hydrogen) atoms. The smallest absolute Gasteiger partial charge is 0.243 e. The summed E-state index contributed by atoms with van der Waals surface area (Å²) >= 11 is 0. The number of piperidine rings is 1. The predicted octanol–water partition coefficient (Wildman–Crippen LogP) is 1.89. The fourth-order valence-corrected chi connectivity index (χ4v) is 6.29. The van der Waals surface area contributed by atoms with E-state index in [4.69, 9.17) is 9.47 Å². The molecular formula is C20H30N2O4S. The molecule has 3 heterocycles. The summed E-state index contributed by atoms with van der Waals surface area (Å²) in [5, 5.41) is 0. The molecular weight excluding hydrogens is 364 g/mol. The monoisotopic (exact) mass is 394 g/mol. The standard InChI is InChI=1S/C20H30N2O4S/c1-17-4-2-3-5-19(17)27(23,24)22-8-6-20(7-9-22)14-18(26-16-20)15-21-10-12-25-13-11-21/h2-5,18H,6-16H2,1H3/t18-/m0/s1. The molecule has 3 fully saturated rings. The van der Waals surface area contributed by atoms with Gasteiger partial charge in [-0.05, 0) is 43.2 Å². The highest BCUT2D eigenvalue weighted by molar-refractivity contribution is 7.89. The fourth-order valence-electron chi connectivity index (χ4n) is 4.62. The van der Waals surface area contributed by atoms with Crippen LogP contribution >= 0.6 is 0 Å². The van der Waals surface area contributed by atoms with E-state index in [2.05, 4.69) is 4.90 Å². The van der Waals surface area contributed by atoms with Crippen LogP contribution in [0.1, 0.15) is 24.8 Å². The fraction of sp³-hybridized carbons (Fsp3) is 0.700. The highest BCUT2D eigenvalue weighted by atomic mass is 32.2. The maximum atomic E-state index is 13.0. The van der Waals surface area contributed by atoms with E-state index in [0.717, 1.165) is 64.3 Å². The van der Waals surface area contributed by atoms with Gasteiger partial charge >= 0.3 is 0 Å². The summed E-state index contributed by atoms with van der Waals surface area (Å²) in [5.74, 6) is 0. The molecule has 0 aliphatic carbocycles. The Hall–Kier alpha value is -0.990. The zero-order valence-electron chi connectivity index (χ0n) is 16.1. The summed E-state index contributed by atoms with van der Waals surface area (Å²) < 4.78 is 39.2. The molecule has 3 aliphatic rings. The third-order valence-electron chi connectivity index (χ3n) is 6.35. The van der Waals surface area contributed by atoms with E-state index in [1.54, 1.807) is 16.4 Å². The molecule has 1 aromatic carbocycles. The summed E-state index contributed by atoms with van der Waals surface area (Å²) in [5.41, 5.74) is 0.960. The number of hydrogen-bond donors (Lipinski definition) is 0. The zero-order valence-corrected chi connectivity index (χ0v) is 16.9. The van der Waals surface area contributed by atoms with Gasteiger partial charge in [0, 0.05) is 32.7 Å². The first-order valence-electron chi connectivity index (χ1n) is 9.96. The molecule has 3 aliphatic heterocycles. The number of nitrogens with zero attached hydrogens (tertiary/aromatic N) is 2. The van der Waals surface area contributed by atoms with E-state index < -0.39 is 10.0 Å². The molecule has 0 bridgehead atoms. The summed E-state index contributed by atoms with van der Waals surface area (Å²) in [6, 6.07) is 7.25. The van der Waals surface area contributed by atoms with Gasteiger partial charge in [0.15, 0.2) is 0 Å². The summed E-state index contributed by atoms with van der Waals surface area (Å²) in [6.07, 6.45) is 3.08. The van der Waals surface area contributed by atoms with Gasteiger partial charge in [0.2, 0.25) is 10.0 Å². The Balaban J connectivity index is 1.35. The van der Waals surface area contributed by atoms with Crippen molar-refractivity contribution >= 4 is 10.0 Å². The number of hydrogen-bond acceptors (Lipinski definition) is 5. The van der Waals surface area contributed by atoms with Crippen LogP contribution in [0.25, 0.3) is 0 Å². The van der Waals surface area contributed by atoms with Gasteiger partial charge in [-0.15, -0.1) is 0 Å². The van der Waals surface area contributed by atoms with Crippen LogP contribution in [-0.4, -0.2) is 76.3 Å². The molecule has 3 saturated heterocycles. The number of rotatable bonds is 4. The summed E-state index contributed by atoms with van der Waals surface area (Å²) in [6.45, 7) is 8.35. The highest BCUT2D eigenvalue weighted by Crippen LogP contribution is 2.43. The Morgan fingerprint density at radius 2 is 1.81 bits per heavy atom. The largest absolute Gasteiger partial charge is 0.379 e. The third kappa shape index (κ3) is 4.07. The Morgan fingerprint density at radius 1 is 1.11 bits per heavy atom. The lowest BCUT2D eigenvalue weighted by Crippen LogP contribution is -2.44. The topological polar surface area (TPSA) is 59.1 Å². The van der Waals surface area contributed by atoms with Crippen LogP contribution in [0.4, 0.5) is 0 Å². The van der Waals surface area contributed by atoms with Crippen molar-refractivity contribution in [3.8, 4) is 0 Å². The average molecular weight is 395 g/mol. The van der Waals surface area contributed by atoms with Gasteiger partial charge in [-0.2, -0.15) is 4.31 Å². The lowest BCUT2D eigenvalue weighted by atomic mass is 9.77. The van der Waals surface area contributed by atoms with Crippen molar-refractivity contribution in [2.75, 3.05) is 52.5 Å². The number of benzene rings is 1. The van der Waals surface area contributed by atoms with Crippen LogP contribution in [0.15, 0.2) is 29.2 Å². The molecule has 1 spiro atoms. The van der Waals surface area contributed by atoms with Crippen molar-refractivity contribution in [2.24, 2.45) is 5.41 Å². The molecule has 150 valence electrons. The lowest BCUT2D eigenvalue weighted by Gasteiger charge is -2.38. The molecule has 1 aromatic rings. The molecule has 0 saturated carbocycles. The van der Waals surface area contributed by atoms with Crippen LogP contribution in [0.5, 0.6) is 0 Å². The number of sulfonamides is 1. The minimum absolute atomic E-state index is 0.148. The van der Waals surface area contributed by atoms with Gasteiger partial charge in [0.25, 0.3) is 0 Å². The van der Waals surface area contributed by atoms with E-state index in [1.165, 1.54) is 0 Å². The van der Waals surface area contributed by atoms with E-state index >= 15 is 0 Å². The van der Waals surface area contributed by atoms with Crippen LogP contribution in [0.2, 0.25) is 0 Å². The molecule has 0 N–H and O–H groups in total. The number of morpholine rings is 1. The van der Waals surface area contributed by atoms with Crippen molar-refractivity contribution in [1.29, 1.82) is 0 Å². The van der Waals surface area contributed by atoms with E-state index in [1.807, 2.05) is 19.1 Å². The Labute approximate surface area is 162 Å². The maximum absolute atomic E-state index is 13.0. The predicted molar refractivity (Wildman–Crippen MR) is 103 cm³/mol. The second kappa shape index (κ2) is 7.79. The van der Waals surface area contributed by atoms with Crippen LogP contribution in [-0.2, 0) is 19.5 Å². The highest BCUT2D eigenvalue weighted by Gasteiger charge is 2.44. The first-order valence-corrected chi connectivity index (χ1v) is 11.4. The molecule has 0 radical (unpaired) electrons. The number of ether oxygens (including phenoxy) is 2. The first-order chi connectivity index (χ1) is 13.0. The maximum Gasteiger partial charge on any atom is 0.243 e. The van der Waals surface area contributed by atoms with E-state index in [0.29, 0.717) is 18.0 Å². The minimum atomic E-state index is -3.40. The average Bonchev–Trinajstić information content (AvgIpc) is 3.05. The van der Waals surface area contributed by atoms with Gasteiger partial charge in [0.1, 0.15) is 0 Å². The quantitative estimate of drug-likeness (QED) is 0.781. The molecule has 0 amide bonds. The second-order valence-electron chi connectivity index (χ2n) is 8.22. The molecule has 0 unspecified atom stereocenters. The molecule has 6 nitrogen and oxygen atoms in total. The van der Waals surface area contributed by atoms with Gasteiger partial charge < -0.3 is 9.47 Å². The van der Waals surface area contributed by atoms with Crippen molar-refractivity contribution in [3.63, 3.8) is 0 Å². The Morgan fingerprint density at radius 3 is 2.52 bits per heavy atom. The Kier molecular flexibility index (Phi) is 5.58. The van der Waals surface area contributed by atoms with Crippen molar-refractivity contribution in [3.05, 3.63) is 29.8 Å². The van der Waals surface area contributed by atoms with Crippen LogP contribution < -0.4 is 0 Å². The zero-order chi connectivity index (χ0) is 18.9. The van der Waals surface area contributed by atoms with Gasteiger partial charge in [0.05, 0.1) is 30.8 Å². The molecule has 4 rings (SSSR count). The first kappa shape index (κ1) is 19.3. The van der Waals surface area contributed by atoms with E-state index in [-0.39, 0.29) is 11.5 Å². The van der Waals surface area contributed by atoms with Gasteiger partial charge in [-0.3, -0.25) is 4.90 Å². The SMILES string of the molecule is Cc1ccccc1S(=O)(=O)N1CCC2(CC1)CO[C@H](CN1CCOCC1)C2. The van der Waals surface area contributed by atoms with Crippen LogP contribution in [0, 0.1) is 12.3 Å². The normalized spacial score (nSPS) is 27.2. The minimum Gasteiger partial charge on any atom is -0.379 e. The van der Waals surface area contributed by atoms with Gasteiger partial charge in [-0.1, -0.05) is 18.2 Å². The van der Waals surface area contributed by atoms with Crippen molar-refractivity contribution in [1.82, 2.24) is 9.21 Å². The third-order valence-corrected chi connectivity index (χ3v) is 8.40. The van der Waals surface area contributed by atoms with E-state index in [9.17, 15) is 8.42 Å². The van der Waals surface area contributed by atoms with Gasteiger partial charge in [-0.25, -0.2) is 8.42 Å². The summed E-state index contributed by atoms with van der Waals surface area (Å²) in [7, 11) is -3.40. The summed E-state index contributed by atoms with van der Waals surface area (Å²) in [4.78, 5) is 2.86. The molecule has 7 heteroatoms. The second-order valence-corrected chi connectivity index (χ2v) is 10.1.